The molecule has 1 nitrogen and oxygen atoms in total. The van der Waals surface area contributed by atoms with E-state index >= 15 is 0 Å². The molecule has 0 aliphatic carbocycles. The van der Waals surface area contributed by atoms with Crippen molar-refractivity contribution in [3.8, 4) is 0 Å². The molecule has 2 aromatic rings. The minimum absolute atomic E-state index is 0.00349. The zero-order chi connectivity index (χ0) is 21.7. The number of rotatable bonds is 4. The molecule has 29 heavy (non-hydrogen) atoms. The summed E-state index contributed by atoms with van der Waals surface area (Å²) in [6, 6.07) is 10.7. The molecule has 0 N–H and O–H groups in total. The summed E-state index contributed by atoms with van der Waals surface area (Å²) in [7, 11) is 0. The maximum Gasteiger partial charge on any atom is 0.256 e. The normalized spacial score (nSPS) is 14.0. The summed E-state index contributed by atoms with van der Waals surface area (Å²) in [5, 5.41) is -0.114. The summed E-state index contributed by atoms with van der Waals surface area (Å²) in [5.74, 6) is -1.85. The average Bonchev–Trinajstić information content (AvgIpc) is 2.68. The highest BCUT2D eigenvalue weighted by atomic mass is 35.5. The Morgan fingerprint density at radius 2 is 1.59 bits per heavy atom. The van der Waals surface area contributed by atoms with Crippen LogP contribution in [0.15, 0.2) is 66.4 Å². The molecule has 3 rings (SSSR count). The van der Waals surface area contributed by atoms with Gasteiger partial charge in [-0.15, -0.1) is 0 Å². The molecule has 0 unspecified atom stereocenters. The van der Waals surface area contributed by atoms with Crippen molar-refractivity contribution in [1.82, 2.24) is 4.90 Å². The van der Waals surface area contributed by atoms with E-state index in [1.807, 2.05) is 13.8 Å². The van der Waals surface area contributed by atoms with E-state index in [4.69, 9.17) is 11.6 Å². The smallest absolute Gasteiger partial charge is 0.256 e. The first-order chi connectivity index (χ1) is 13.8. The predicted octanol–water partition coefficient (Wildman–Crippen LogP) is 7.55. The number of halogens is 5. The lowest BCUT2D eigenvalue weighted by molar-refractivity contribution is 0.123. The largest absolute Gasteiger partial charge is 0.335 e. The molecule has 0 saturated heterocycles. The van der Waals surface area contributed by atoms with Gasteiger partial charge in [-0.05, 0) is 36.3 Å². The number of allylic oxidation sites excluding steroid dienone is 3. The first-order valence-electron chi connectivity index (χ1n) is 9.17. The Labute approximate surface area is 173 Å². The molecule has 0 radical (unpaired) electrons. The fraction of sp³-hybridized carbons (Fsp3) is 0.217. The Balaban J connectivity index is 0.00000145. The van der Waals surface area contributed by atoms with Gasteiger partial charge in [-0.25, -0.2) is 17.6 Å². The Kier molecular flexibility index (Phi) is 7.68. The van der Waals surface area contributed by atoms with Gasteiger partial charge in [0.2, 0.25) is 0 Å². The van der Waals surface area contributed by atoms with E-state index in [1.165, 1.54) is 0 Å². The zero-order valence-electron chi connectivity index (χ0n) is 16.4. The third-order valence-corrected chi connectivity index (χ3v) is 4.53. The van der Waals surface area contributed by atoms with Crippen molar-refractivity contribution in [3.63, 3.8) is 0 Å². The minimum Gasteiger partial charge on any atom is -0.335 e. The van der Waals surface area contributed by atoms with Crippen molar-refractivity contribution >= 4 is 22.9 Å². The van der Waals surface area contributed by atoms with Gasteiger partial charge >= 0.3 is 0 Å². The van der Waals surface area contributed by atoms with Crippen LogP contribution in [0.25, 0.3) is 11.3 Å². The van der Waals surface area contributed by atoms with E-state index < -0.39 is 30.2 Å². The van der Waals surface area contributed by atoms with E-state index in [9.17, 15) is 17.6 Å². The van der Waals surface area contributed by atoms with Crippen LogP contribution in [0.5, 0.6) is 0 Å². The van der Waals surface area contributed by atoms with Crippen molar-refractivity contribution in [2.24, 2.45) is 0 Å². The molecule has 154 valence electrons. The van der Waals surface area contributed by atoms with Gasteiger partial charge < -0.3 is 4.90 Å². The Hall–Kier alpha value is -2.53. The van der Waals surface area contributed by atoms with Crippen molar-refractivity contribution in [1.29, 1.82) is 0 Å². The van der Waals surface area contributed by atoms with Gasteiger partial charge in [0.15, 0.2) is 0 Å². The standard InChI is InChI=1S/C21H16ClF4N.C2H6/c1-12-8-16(14-6-4-3-5-7-14)21(27(13(12)2)11-19(25)26)20-17(23)9-15(22)10-18(20)24;1-2/h3-10,19H,2,11H2,1H3;1-2H3. The van der Waals surface area contributed by atoms with Crippen LogP contribution in [-0.2, 0) is 0 Å². The molecule has 0 aromatic heterocycles. The van der Waals surface area contributed by atoms with E-state index in [2.05, 4.69) is 6.58 Å². The number of nitrogens with zero attached hydrogens (tertiary/aromatic N) is 1. The lowest BCUT2D eigenvalue weighted by atomic mass is 9.91. The van der Waals surface area contributed by atoms with E-state index in [1.54, 1.807) is 43.3 Å². The van der Waals surface area contributed by atoms with Crippen molar-refractivity contribution in [3.05, 3.63) is 94.2 Å². The van der Waals surface area contributed by atoms with Crippen molar-refractivity contribution < 1.29 is 17.6 Å². The van der Waals surface area contributed by atoms with E-state index in [0.717, 1.165) is 17.0 Å². The summed E-state index contributed by atoms with van der Waals surface area (Å²) in [4.78, 5) is 1.16. The highest BCUT2D eigenvalue weighted by Crippen LogP contribution is 2.41. The monoisotopic (exact) mass is 423 g/mol. The van der Waals surface area contributed by atoms with Crippen LogP contribution >= 0.6 is 11.6 Å². The first-order valence-corrected chi connectivity index (χ1v) is 9.55. The second-order valence-corrected chi connectivity index (χ2v) is 6.58. The third-order valence-electron chi connectivity index (χ3n) is 4.32. The molecular formula is C23H22ClF4N. The zero-order valence-corrected chi connectivity index (χ0v) is 17.2. The molecule has 0 bridgehead atoms. The summed E-state index contributed by atoms with van der Waals surface area (Å²) < 4.78 is 55.9. The SMILES string of the molecule is C=C1C(C)=CC(c2ccccc2)=C(c2c(F)cc(Cl)cc2F)N1CC(F)F.CC. The first kappa shape index (κ1) is 22.8. The molecule has 1 aliphatic heterocycles. The van der Waals surface area contributed by atoms with Gasteiger partial charge in [0.05, 0.1) is 17.8 Å². The Morgan fingerprint density at radius 1 is 1.03 bits per heavy atom. The van der Waals surface area contributed by atoms with Gasteiger partial charge in [0.1, 0.15) is 11.6 Å². The summed E-state index contributed by atoms with van der Waals surface area (Å²) in [6.07, 6.45) is -1.03. The topological polar surface area (TPSA) is 3.24 Å². The minimum atomic E-state index is -2.72. The average molecular weight is 424 g/mol. The van der Waals surface area contributed by atoms with Gasteiger partial charge in [-0.3, -0.25) is 0 Å². The molecule has 6 heteroatoms. The van der Waals surface area contributed by atoms with E-state index in [-0.39, 0.29) is 16.4 Å². The van der Waals surface area contributed by atoms with Crippen LogP contribution in [0.1, 0.15) is 31.9 Å². The highest BCUT2D eigenvalue weighted by Gasteiger charge is 2.30. The number of hydrogen-bond donors (Lipinski definition) is 0. The molecule has 0 spiro atoms. The highest BCUT2D eigenvalue weighted by molar-refractivity contribution is 6.30. The predicted molar refractivity (Wildman–Crippen MR) is 112 cm³/mol. The van der Waals surface area contributed by atoms with Gasteiger partial charge in [-0.1, -0.05) is 62.4 Å². The summed E-state index contributed by atoms with van der Waals surface area (Å²) in [5.41, 5.74) is 1.56. The quantitative estimate of drug-likeness (QED) is 0.459. The van der Waals surface area contributed by atoms with Crippen LogP contribution < -0.4 is 0 Å². The molecule has 1 heterocycles. The Morgan fingerprint density at radius 3 is 2.10 bits per heavy atom. The van der Waals surface area contributed by atoms with Crippen molar-refractivity contribution in [2.45, 2.75) is 27.2 Å². The van der Waals surface area contributed by atoms with E-state index in [0.29, 0.717) is 16.7 Å². The van der Waals surface area contributed by atoms with Crippen molar-refractivity contribution in [2.75, 3.05) is 6.54 Å². The summed E-state index contributed by atoms with van der Waals surface area (Å²) in [6.45, 7) is 8.81. The van der Waals surface area contributed by atoms with Crippen LogP contribution in [0.2, 0.25) is 5.02 Å². The fourth-order valence-corrected chi connectivity index (χ4v) is 3.27. The molecule has 0 saturated carbocycles. The van der Waals surface area contributed by atoms with Crippen LogP contribution in [-0.4, -0.2) is 17.9 Å². The molecular weight excluding hydrogens is 402 g/mol. The maximum atomic E-state index is 14.7. The lowest BCUT2D eigenvalue weighted by Gasteiger charge is -2.35. The maximum absolute atomic E-state index is 14.7. The van der Waals surface area contributed by atoms with Gasteiger partial charge in [0, 0.05) is 16.3 Å². The Bertz CT molecular complexity index is 926. The fourth-order valence-electron chi connectivity index (χ4n) is 3.08. The number of hydrogen-bond acceptors (Lipinski definition) is 1. The molecule has 0 amide bonds. The van der Waals surface area contributed by atoms with Gasteiger partial charge in [-0.2, -0.15) is 0 Å². The number of alkyl halides is 2. The van der Waals surface area contributed by atoms with Crippen LogP contribution in [0.3, 0.4) is 0 Å². The third kappa shape index (κ3) is 4.91. The van der Waals surface area contributed by atoms with Gasteiger partial charge in [0.25, 0.3) is 6.43 Å². The molecule has 2 aromatic carbocycles. The lowest BCUT2D eigenvalue weighted by Crippen LogP contribution is -2.30. The van der Waals surface area contributed by atoms with Crippen LogP contribution in [0.4, 0.5) is 17.6 Å². The number of benzene rings is 2. The molecule has 1 aliphatic rings. The summed E-state index contributed by atoms with van der Waals surface area (Å²) >= 11 is 5.73. The molecule has 0 fully saturated rings. The molecule has 0 atom stereocenters. The van der Waals surface area contributed by atoms with Crippen LogP contribution in [0, 0.1) is 11.6 Å². The second kappa shape index (κ2) is 9.79. The second-order valence-electron chi connectivity index (χ2n) is 6.15.